The lowest BCUT2D eigenvalue weighted by molar-refractivity contribution is -0.116. The Morgan fingerprint density at radius 2 is 1.78 bits per heavy atom. The van der Waals surface area contributed by atoms with Crippen LogP contribution in [0.25, 0.3) is 55.8 Å². The molecule has 0 aliphatic carbocycles. The van der Waals surface area contributed by atoms with Gasteiger partial charge in [0.25, 0.3) is 0 Å². The highest BCUT2D eigenvalue weighted by atomic mass is 16.1. The van der Waals surface area contributed by atoms with Crippen molar-refractivity contribution >= 4 is 33.5 Å². The van der Waals surface area contributed by atoms with Gasteiger partial charge in [-0.05, 0) is 48.4 Å². The zero-order chi connectivity index (χ0) is 25.2. The normalized spacial score (nSPS) is 11.3. The van der Waals surface area contributed by atoms with Crippen molar-refractivity contribution in [2.75, 3.05) is 5.32 Å². The topological polar surface area (TPSA) is 125 Å². The van der Waals surface area contributed by atoms with E-state index in [1.165, 1.54) is 0 Å². The third-order valence-electron chi connectivity index (χ3n) is 6.25. The van der Waals surface area contributed by atoms with Crippen LogP contribution in [-0.4, -0.2) is 41.0 Å². The van der Waals surface area contributed by atoms with Crippen molar-refractivity contribution in [2.24, 2.45) is 0 Å². The van der Waals surface area contributed by atoms with Crippen LogP contribution in [0, 0.1) is 0 Å². The van der Waals surface area contributed by atoms with E-state index in [1.807, 2.05) is 36.4 Å². The Morgan fingerprint density at radius 1 is 0.892 bits per heavy atom. The second-order valence-corrected chi connectivity index (χ2v) is 8.82. The van der Waals surface area contributed by atoms with Gasteiger partial charge in [0.05, 0.1) is 28.6 Å². The minimum Gasteiger partial charge on any atom is -0.336 e. The average Bonchev–Trinajstić information content (AvgIpc) is 3.56. The van der Waals surface area contributed by atoms with Crippen LogP contribution in [0.15, 0.2) is 73.4 Å². The number of aromatic amines is 2. The zero-order valence-electron chi connectivity index (χ0n) is 20.2. The van der Waals surface area contributed by atoms with Gasteiger partial charge in [0.15, 0.2) is 5.82 Å². The van der Waals surface area contributed by atoms with Gasteiger partial charge in [-0.15, -0.1) is 0 Å². The lowest BCUT2D eigenvalue weighted by atomic mass is 10.0. The van der Waals surface area contributed by atoms with Gasteiger partial charge in [0.1, 0.15) is 11.2 Å². The molecule has 0 atom stereocenters. The van der Waals surface area contributed by atoms with Gasteiger partial charge in [0, 0.05) is 47.7 Å². The Bertz CT molecular complexity index is 1720. The van der Waals surface area contributed by atoms with Gasteiger partial charge in [-0.2, -0.15) is 5.10 Å². The average molecular weight is 489 g/mol. The van der Waals surface area contributed by atoms with Crippen molar-refractivity contribution in [1.82, 2.24) is 35.1 Å². The highest BCUT2D eigenvalue weighted by molar-refractivity contribution is 5.98. The summed E-state index contributed by atoms with van der Waals surface area (Å²) in [7, 11) is 0. The van der Waals surface area contributed by atoms with E-state index >= 15 is 0 Å². The van der Waals surface area contributed by atoms with E-state index in [0.717, 1.165) is 57.2 Å². The van der Waals surface area contributed by atoms with Gasteiger partial charge in [-0.3, -0.25) is 24.8 Å². The number of carbonyl (C=O) groups is 1. The molecule has 6 rings (SSSR count). The van der Waals surface area contributed by atoms with Crippen LogP contribution >= 0.6 is 0 Å². The molecule has 0 aliphatic rings. The first-order valence-corrected chi connectivity index (χ1v) is 12.2. The minimum atomic E-state index is -0.00103. The fourth-order valence-corrected chi connectivity index (χ4v) is 4.37. The summed E-state index contributed by atoms with van der Waals surface area (Å²) in [6.45, 7) is 2.07. The predicted molar refractivity (Wildman–Crippen MR) is 144 cm³/mol. The molecule has 0 fully saturated rings. The van der Waals surface area contributed by atoms with Crippen LogP contribution in [0.5, 0.6) is 0 Å². The summed E-state index contributed by atoms with van der Waals surface area (Å²) < 4.78 is 0. The summed E-state index contributed by atoms with van der Waals surface area (Å²) >= 11 is 0. The summed E-state index contributed by atoms with van der Waals surface area (Å²) in [5.41, 5.74) is 7.52. The van der Waals surface area contributed by atoms with Crippen LogP contribution in [0.1, 0.15) is 26.2 Å². The molecule has 182 valence electrons. The number of benzene rings is 1. The quantitative estimate of drug-likeness (QED) is 0.263. The van der Waals surface area contributed by atoms with E-state index in [4.69, 9.17) is 4.98 Å². The largest absolute Gasteiger partial charge is 0.336 e. The Labute approximate surface area is 212 Å². The van der Waals surface area contributed by atoms with Gasteiger partial charge in [-0.25, -0.2) is 4.98 Å². The third-order valence-corrected chi connectivity index (χ3v) is 6.25. The molecule has 0 saturated carbocycles. The standard InChI is InChI=1S/C28H24N8O/c1-2-3-4-24(37)32-20-13-19(15-30-16-20)18-5-6-22-21(14-18)26(36-35-22)28-33-23-9-12-31-25(27(23)34-28)17-7-10-29-11-8-17/h5-16H,2-4H2,1H3,(H,32,37)(H,33,34)(H,35,36). The molecule has 6 aromatic rings. The van der Waals surface area contributed by atoms with Crippen LogP contribution in [0.4, 0.5) is 5.69 Å². The van der Waals surface area contributed by atoms with Crippen LogP contribution < -0.4 is 5.32 Å². The summed E-state index contributed by atoms with van der Waals surface area (Å²) in [5.74, 6) is 0.649. The van der Waals surface area contributed by atoms with E-state index in [9.17, 15) is 4.79 Å². The molecule has 9 heteroatoms. The number of pyridine rings is 3. The molecule has 0 unspecified atom stereocenters. The number of imidazole rings is 1. The molecule has 0 aliphatic heterocycles. The van der Waals surface area contributed by atoms with Crippen molar-refractivity contribution in [2.45, 2.75) is 26.2 Å². The fourth-order valence-electron chi connectivity index (χ4n) is 4.37. The molecule has 37 heavy (non-hydrogen) atoms. The predicted octanol–water partition coefficient (Wildman–Crippen LogP) is 5.75. The van der Waals surface area contributed by atoms with E-state index < -0.39 is 0 Å². The number of anilines is 1. The lowest BCUT2D eigenvalue weighted by Crippen LogP contribution is -2.11. The number of hydrogen-bond donors (Lipinski definition) is 3. The number of unbranched alkanes of at least 4 members (excludes halogenated alkanes) is 1. The smallest absolute Gasteiger partial charge is 0.224 e. The van der Waals surface area contributed by atoms with Crippen molar-refractivity contribution in [1.29, 1.82) is 0 Å². The monoisotopic (exact) mass is 488 g/mol. The SMILES string of the molecule is CCCCC(=O)Nc1cncc(-c2ccc3[nH]nc(-c4nc5c(-c6ccncc6)nccc5[nH]4)c3c2)c1. The first kappa shape index (κ1) is 22.5. The molecule has 5 heterocycles. The third kappa shape index (κ3) is 4.42. The molecule has 0 bridgehead atoms. The van der Waals surface area contributed by atoms with Crippen LogP contribution in [0.2, 0.25) is 0 Å². The Hall–Kier alpha value is -4.92. The summed E-state index contributed by atoms with van der Waals surface area (Å²) in [5, 5.41) is 11.5. The van der Waals surface area contributed by atoms with Gasteiger partial charge in [-0.1, -0.05) is 19.4 Å². The number of hydrogen-bond acceptors (Lipinski definition) is 6. The highest BCUT2D eigenvalue weighted by Gasteiger charge is 2.16. The van der Waals surface area contributed by atoms with Crippen LogP contribution in [0.3, 0.4) is 0 Å². The van der Waals surface area contributed by atoms with Gasteiger partial charge >= 0.3 is 0 Å². The molecular formula is C28H24N8O. The molecule has 9 nitrogen and oxygen atoms in total. The minimum absolute atomic E-state index is 0.00103. The van der Waals surface area contributed by atoms with Crippen molar-refractivity contribution in [3.8, 4) is 33.9 Å². The molecule has 0 radical (unpaired) electrons. The maximum Gasteiger partial charge on any atom is 0.224 e. The molecule has 0 saturated heterocycles. The molecule has 1 amide bonds. The number of amides is 1. The second-order valence-electron chi connectivity index (χ2n) is 8.82. The second kappa shape index (κ2) is 9.62. The molecule has 3 N–H and O–H groups in total. The Kier molecular flexibility index (Phi) is 5.86. The number of rotatable bonds is 7. The maximum absolute atomic E-state index is 12.2. The number of fused-ring (bicyclic) bond motifs is 2. The summed E-state index contributed by atoms with van der Waals surface area (Å²) in [6, 6.07) is 13.7. The van der Waals surface area contributed by atoms with E-state index in [0.29, 0.717) is 23.6 Å². The van der Waals surface area contributed by atoms with E-state index in [2.05, 4.69) is 48.4 Å². The first-order valence-electron chi connectivity index (χ1n) is 12.2. The van der Waals surface area contributed by atoms with Crippen molar-refractivity contribution < 1.29 is 4.79 Å². The first-order chi connectivity index (χ1) is 18.2. The number of carbonyl (C=O) groups excluding carboxylic acids is 1. The fraction of sp³-hybridized carbons (Fsp3) is 0.143. The van der Waals surface area contributed by atoms with Crippen LogP contribution in [-0.2, 0) is 4.79 Å². The molecule has 5 aromatic heterocycles. The zero-order valence-corrected chi connectivity index (χ0v) is 20.2. The lowest BCUT2D eigenvalue weighted by Gasteiger charge is -2.07. The summed E-state index contributed by atoms with van der Waals surface area (Å²) in [6.07, 6.45) is 11.0. The number of nitrogens with one attached hydrogen (secondary N) is 3. The van der Waals surface area contributed by atoms with E-state index in [-0.39, 0.29) is 5.91 Å². The number of H-pyrrole nitrogens is 2. The van der Waals surface area contributed by atoms with E-state index in [1.54, 1.807) is 31.0 Å². The van der Waals surface area contributed by atoms with Gasteiger partial charge in [0.2, 0.25) is 5.91 Å². The Balaban J connectivity index is 1.37. The highest BCUT2D eigenvalue weighted by Crippen LogP contribution is 2.32. The van der Waals surface area contributed by atoms with Crippen molar-refractivity contribution in [3.63, 3.8) is 0 Å². The Morgan fingerprint density at radius 3 is 2.65 bits per heavy atom. The number of nitrogens with zero attached hydrogens (tertiary/aromatic N) is 5. The molecular weight excluding hydrogens is 464 g/mol. The van der Waals surface area contributed by atoms with Gasteiger partial charge < -0.3 is 10.3 Å². The summed E-state index contributed by atoms with van der Waals surface area (Å²) in [4.78, 5) is 33.5. The van der Waals surface area contributed by atoms with Crippen molar-refractivity contribution in [3.05, 3.63) is 73.4 Å². The molecule has 1 aromatic carbocycles. The number of aromatic nitrogens is 7. The molecule has 0 spiro atoms. The maximum atomic E-state index is 12.2.